The fraction of sp³-hybridized carbons (Fsp3) is 0.111. The van der Waals surface area contributed by atoms with Crippen molar-refractivity contribution in [2.45, 2.75) is 13.0 Å². The second kappa shape index (κ2) is 5.94. The highest BCUT2D eigenvalue weighted by Gasteiger charge is 2.17. The Labute approximate surface area is 142 Å². The molecule has 7 heteroatoms. The Morgan fingerprint density at radius 3 is 2.92 bits per heavy atom. The van der Waals surface area contributed by atoms with Crippen molar-refractivity contribution >= 4 is 34.2 Å². The summed E-state index contributed by atoms with van der Waals surface area (Å²) in [7, 11) is 0. The summed E-state index contributed by atoms with van der Waals surface area (Å²) in [5.74, 6) is -0.348. The summed E-state index contributed by atoms with van der Waals surface area (Å²) in [6.07, 6.45) is 0.364. The Morgan fingerprint density at radius 1 is 1.16 bits per heavy atom. The second-order valence-corrected chi connectivity index (χ2v) is 5.93. The van der Waals surface area contributed by atoms with E-state index in [1.807, 2.05) is 6.07 Å². The number of rotatable bonds is 3. The third kappa shape index (κ3) is 3.16. The molecule has 0 atom stereocenters. The fourth-order valence-corrected chi connectivity index (χ4v) is 2.90. The van der Waals surface area contributed by atoms with Gasteiger partial charge in [-0.2, -0.15) is 0 Å². The third-order valence-electron chi connectivity index (χ3n) is 4.07. The summed E-state index contributed by atoms with van der Waals surface area (Å²) in [6, 6.07) is 11.2. The Kier molecular flexibility index (Phi) is 3.61. The molecule has 0 fully saturated rings. The first-order chi connectivity index (χ1) is 12.1. The van der Waals surface area contributed by atoms with Gasteiger partial charge in [-0.05, 0) is 42.0 Å². The summed E-state index contributed by atoms with van der Waals surface area (Å²) in [4.78, 5) is 26.5. The van der Waals surface area contributed by atoms with Crippen molar-refractivity contribution in [2.24, 2.45) is 0 Å². The van der Waals surface area contributed by atoms with Gasteiger partial charge in [0.2, 0.25) is 5.91 Å². The standard InChI is InChI=1S/C18H15FN4O2/c19-12-2-4-15-11(5-12)6-14(21-15)9-20-18(25)22-13-3-1-10-7-17(24)23-16(10)8-13/h1-6,8,21H,7,9H2,(H,23,24)(H2,20,22,25). The lowest BCUT2D eigenvalue weighted by Crippen LogP contribution is -2.28. The first-order valence-electron chi connectivity index (χ1n) is 7.81. The predicted octanol–water partition coefficient (Wildman–Crippen LogP) is 3.12. The summed E-state index contributed by atoms with van der Waals surface area (Å²) < 4.78 is 13.2. The van der Waals surface area contributed by atoms with E-state index in [1.54, 1.807) is 24.3 Å². The van der Waals surface area contributed by atoms with Crippen LogP contribution in [0.2, 0.25) is 0 Å². The normalized spacial score (nSPS) is 12.8. The van der Waals surface area contributed by atoms with Crippen molar-refractivity contribution in [1.82, 2.24) is 10.3 Å². The van der Waals surface area contributed by atoms with Gasteiger partial charge in [0.05, 0.1) is 13.0 Å². The molecule has 25 heavy (non-hydrogen) atoms. The van der Waals surface area contributed by atoms with E-state index in [1.165, 1.54) is 12.1 Å². The van der Waals surface area contributed by atoms with Gasteiger partial charge in [0, 0.05) is 28.0 Å². The number of carbonyl (C=O) groups is 2. The molecule has 126 valence electrons. The zero-order chi connectivity index (χ0) is 17.4. The molecule has 0 aliphatic carbocycles. The number of hydrogen-bond donors (Lipinski definition) is 4. The summed E-state index contributed by atoms with van der Waals surface area (Å²) in [5.41, 5.74) is 3.82. The van der Waals surface area contributed by atoms with E-state index in [2.05, 4.69) is 20.9 Å². The molecule has 0 spiro atoms. The largest absolute Gasteiger partial charge is 0.357 e. The molecule has 2 heterocycles. The SMILES string of the molecule is O=C1Cc2ccc(NC(=O)NCc3cc4cc(F)ccc4[nH]3)cc2N1. The van der Waals surface area contributed by atoms with Crippen molar-refractivity contribution in [3.63, 3.8) is 0 Å². The predicted molar refractivity (Wildman–Crippen MR) is 92.9 cm³/mol. The fourth-order valence-electron chi connectivity index (χ4n) is 2.90. The molecule has 1 aromatic heterocycles. The van der Waals surface area contributed by atoms with Gasteiger partial charge in [0.1, 0.15) is 5.82 Å². The zero-order valence-corrected chi connectivity index (χ0v) is 13.2. The van der Waals surface area contributed by atoms with E-state index in [4.69, 9.17) is 0 Å². The lowest BCUT2D eigenvalue weighted by atomic mass is 10.1. The smallest absolute Gasteiger partial charge is 0.319 e. The van der Waals surface area contributed by atoms with Crippen molar-refractivity contribution < 1.29 is 14.0 Å². The Bertz CT molecular complexity index is 996. The monoisotopic (exact) mass is 338 g/mol. The summed E-state index contributed by atoms with van der Waals surface area (Å²) in [5, 5.41) is 8.96. The van der Waals surface area contributed by atoms with Gasteiger partial charge >= 0.3 is 6.03 Å². The molecular formula is C18H15FN4O2. The number of anilines is 2. The van der Waals surface area contributed by atoms with Crippen LogP contribution >= 0.6 is 0 Å². The van der Waals surface area contributed by atoms with Crippen LogP contribution in [0.1, 0.15) is 11.3 Å². The third-order valence-corrected chi connectivity index (χ3v) is 4.07. The number of aromatic amines is 1. The van der Waals surface area contributed by atoms with Crippen LogP contribution in [0.25, 0.3) is 10.9 Å². The number of benzene rings is 2. The number of halogens is 1. The average Bonchev–Trinajstić information content (AvgIpc) is 3.14. The number of amides is 3. The van der Waals surface area contributed by atoms with Crippen LogP contribution in [0.15, 0.2) is 42.5 Å². The highest BCUT2D eigenvalue weighted by molar-refractivity contribution is 6.00. The molecule has 2 aromatic carbocycles. The number of nitrogens with one attached hydrogen (secondary N) is 4. The molecule has 6 nitrogen and oxygen atoms in total. The quantitative estimate of drug-likeness (QED) is 0.591. The van der Waals surface area contributed by atoms with Crippen LogP contribution in [0.4, 0.5) is 20.6 Å². The van der Waals surface area contributed by atoms with E-state index < -0.39 is 0 Å². The first kappa shape index (κ1) is 15.2. The summed E-state index contributed by atoms with van der Waals surface area (Å²) >= 11 is 0. The lowest BCUT2D eigenvalue weighted by molar-refractivity contribution is -0.115. The maximum absolute atomic E-state index is 13.2. The topological polar surface area (TPSA) is 86.0 Å². The van der Waals surface area contributed by atoms with E-state index in [0.717, 1.165) is 27.8 Å². The molecule has 0 unspecified atom stereocenters. The molecule has 0 radical (unpaired) electrons. The molecule has 4 rings (SSSR count). The van der Waals surface area contributed by atoms with Gasteiger partial charge in [0.15, 0.2) is 0 Å². The number of urea groups is 1. The molecule has 1 aliphatic rings. The maximum Gasteiger partial charge on any atom is 0.319 e. The molecule has 3 aromatic rings. The average molecular weight is 338 g/mol. The van der Waals surface area contributed by atoms with E-state index in [-0.39, 0.29) is 24.3 Å². The minimum absolute atomic E-state index is 0.0492. The number of carbonyl (C=O) groups excluding carboxylic acids is 2. The van der Waals surface area contributed by atoms with Crippen LogP contribution < -0.4 is 16.0 Å². The van der Waals surface area contributed by atoms with Gasteiger partial charge in [-0.25, -0.2) is 9.18 Å². The first-order valence-corrected chi connectivity index (χ1v) is 7.81. The highest BCUT2D eigenvalue weighted by Crippen LogP contribution is 2.26. The minimum Gasteiger partial charge on any atom is -0.357 e. The molecule has 1 aliphatic heterocycles. The van der Waals surface area contributed by atoms with Crippen LogP contribution in [0.5, 0.6) is 0 Å². The van der Waals surface area contributed by atoms with Gasteiger partial charge < -0.3 is 20.9 Å². The number of H-pyrrole nitrogens is 1. The highest BCUT2D eigenvalue weighted by atomic mass is 19.1. The van der Waals surface area contributed by atoms with Gasteiger partial charge in [-0.15, -0.1) is 0 Å². The van der Waals surface area contributed by atoms with Crippen molar-refractivity contribution in [2.75, 3.05) is 10.6 Å². The molecule has 4 N–H and O–H groups in total. The molecule has 0 bridgehead atoms. The zero-order valence-electron chi connectivity index (χ0n) is 13.2. The Balaban J connectivity index is 1.39. The van der Waals surface area contributed by atoms with Crippen molar-refractivity contribution in [3.8, 4) is 0 Å². The van der Waals surface area contributed by atoms with Gasteiger partial charge in [-0.1, -0.05) is 6.07 Å². The maximum atomic E-state index is 13.2. The molecule has 0 saturated heterocycles. The lowest BCUT2D eigenvalue weighted by Gasteiger charge is -2.08. The van der Waals surface area contributed by atoms with Crippen LogP contribution in [0, 0.1) is 5.82 Å². The molecule has 3 amide bonds. The van der Waals surface area contributed by atoms with Crippen LogP contribution in [-0.4, -0.2) is 16.9 Å². The Hall–Kier alpha value is -3.35. The van der Waals surface area contributed by atoms with E-state index in [9.17, 15) is 14.0 Å². The van der Waals surface area contributed by atoms with Gasteiger partial charge in [0.25, 0.3) is 0 Å². The number of aromatic nitrogens is 1. The van der Waals surface area contributed by atoms with Crippen molar-refractivity contribution in [3.05, 3.63) is 59.5 Å². The summed E-state index contributed by atoms with van der Waals surface area (Å²) in [6.45, 7) is 0.282. The van der Waals surface area contributed by atoms with E-state index in [0.29, 0.717) is 12.1 Å². The van der Waals surface area contributed by atoms with E-state index >= 15 is 0 Å². The number of fused-ring (bicyclic) bond motifs is 2. The van der Waals surface area contributed by atoms with Crippen molar-refractivity contribution in [1.29, 1.82) is 0 Å². The van der Waals surface area contributed by atoms with Crippen LogP contribution in [-0.2, 0) is 17.8 Å². The molecular weight excluding hydrogens is 323 g/mol. The molecule has 0 saturated carbocycles. The minimum atomic E-state index is -0.367. The Morgan fingerprint density at radius 2 is 2.04 bits per heavy atom. The number of hydrogen-bond acceptors (Lipinski definition) is 2. The van der Waals surface area contributed by atoms with Crippen LogP contribution in [0.3, 0.4) is 0 Å². The van der Waals surface area contributed by atoms with Gasteiger partial charge in [-0.3, -0.25) is 4.79 Å². The second-order valence-electron chi connectivity index (χ2n) is 5.93.